The van der Waals surface area contributed by atoms with Crippen molar-refractivity contribution in [3.8, 4) is 0 Å². The Morgan fingerprint density at radius 1 is 1.19 bits per heavy atom. The molecule has 8 heteroatoms. The molecule has 0 N–H and O–H groups in total. The Hall–Kier alpha value is -1.34. The minimum atomic E-state index is -3.02. The van der Waals surface area contributed by atoms with E-state index in [1.807, 2.05) is 18.4 Å². The molecule has 2 unspecified atom stereocenters. The van der Waals surface area contributed by atoms with E-state index in [1.54, 1.807) is 6.07 Å². The van der Waals surface area contributed by atoms with Gasteiger partial charge in [0.05, 0.1) is 16.9 Å². The summed E-state index contributed by atoms with van der Waals surface area (Å²) in [6.07, 6.45) is 6.01. The van der Waals surface area contributed by atoms with Crippen molar-refractivity contribution < 1.29 is 22.7 Å². The van der Waals surface area contributed by atoms with Crippen molar-refractivity contribution in [2.24, 2.45) is 17.3 Å². The van der Waals surface area contributed by atoms with E-state index in [4.69, 9.17) is 16.3 Å². The largest absolute Gasteiger partial charge is 0.457 e. The second-order valence-corrected chi connectivity index (χ2v) is 13.6. The fraction of sp³-hybridized carbons (Fsp3) is 0.739. The Balaban J connectivity index is 1.28. The maximum Gasteiger partial charge on any atom is 0.312 e. The Bertz CT molecular complexity index is 1040. The van der Waals surface area contributed by atoms with E-state index in [2.05, 4.69) is 0 Å². The second-order valence-electron chi connectivity index (χ2n) is 10.6. The van der Waals surface area contributed by atoms with E-state index >= 15 is 0 Å². The summed E-state index contributed by atoms with van der Waals surface area (Å²) in [6.45, 7) is 3.44. The van der Waals surface area contributed by atoms with Gasteiger partial charge in [0.1, 0.15) is 0 Å². The average molecular weight is 468 g/mol. The van der Waals surface area contributed by atoms with Crippen LogP contribution in [0.2, 0.25) is 0 Å². The monoisotopic (exact) mass is 467 g/mol. The topological polar surface area (TPSA) is 82.4 Å². The molecule has 5 atom stereocenters. The molecule has 4 saturated carbocycles. The summed E-state index contributed by atoms with van der Waals surface area (Å²) in [5.41, 5.74) is 1.59. The Kier molecular flexibility index (Phi) is 4.91. The van der Waals surface area contributed by atoms with Gasteiger partial charge in [0, 0.05) is 27.9 Å². The lowest BCUT2D eigenvalue weighted by molar-refractivity contribution is -0.168. The van der Waals surface area contributed by atoms with Crippen LogP contribution in [0.4, 0.5) is 0 Å². The molecule has 1 aromatic heterocycles. The van der Waals surface area contributed by atoms with Gasteiger partial charge in [-0.2, -0.15) is 0 Å². The van der Waals surface area contributed by atoms with Crippen LogP contribution in [0, 0.1) is 31.1 Å². The Morgan fingerprint density at radius 3 is 2.45 bits per heavy atom. The number of aryl methyl sites for hydroxylation is 1. The van der Waals surface area contributed by atoms with E-state index in [0.717, 1.165) is 43.5 Å². The first-order valence-corrected chi connectivity index (χ1v) is 13.5. The molecule has 170 valence electrons. The van der Waals surface area contributed by atoms with Gasteiger partial charge in [0.15, 0.2) is 16.4 Å². The van der Waals surface area contributed by atoms with Crippen LogP contribution in [0.25, 0.3) is 0 Å². The van der Waals surface area contributed by atoms with Crippen molar-refractivity contribution in [2.75, 3.05) is 18.1 Å². The van der Waals surface area contributed by atoms with Crippen LogP contribution in [0.1, 0.15) is 72.7 Å². The van der Waals surface area contributed by atoms with Crippen LogP contribution in [0.15, 0.2) is 6.07 Å². The molecule has 6 rings (SSSR count). The minimum Gasteiger partial charge on any atom is -0.457 e. The summed E-state index contributed by atoms with van der Waals surface area (Å²) in [6, 6.07) is 1.65. The third kappa shape index (κ3) is 3.65. The molecule has 0 spiro atoms. The normalized spacial score (nSPS) is 37.8. The molecule has 1 aromatic rings. The fourth-order valence-electron chi connectivity index (χ4n) is 7.35. The summed E-state index contributed by atoms with van der Waals surface area (Å²) in [7, 11) is -3.02. The van der Waals surface area contributed by atoms with Gasteiger partial charge in [-0.05, 0) is 76.7 Å². The van der Waals surface area contributed by atoms with Crippen LogP contribution in [-0.2, 0) is 19.4 Å². The lowest BCUT2D eigenvalue weighted by atomic mass is 9.49. The van der Waals surface area contributed by atoms with Gasteiger partial charge in [-0.15, -0.1) is 11.6 Å². The molecule has 4 aliphatic carbocycles. The van der Waals surface area contributed by atoms with Crippen LogP contribution in [-0.4, -0.2) is 47.7 Å². The van der Waals surface area contributed by atoms with E-state index in [1.165, 1.54) is 0 Å². The van der Waals surface area contributed by atoms with Gasteiger partial charge in [-0.3, -0.25) is 9.59 Å². The number of aromatic nitrogens is 1. The first-order chi connectivity index (χ1) is 14.5. The van der Waals surface area contributed by atoms with E-state index in [9.17, 15) is 18.0 Å². The summed E-state index contributed by atoms with van der Waals surface area (Å²) in [4.78, 5) is 25.8. The highest BCUT2D eigenvalue weighted by Gasteiger charge is 2.60. The SMILES string of the molecule is Cc1cc(C(=O)COC(=O)C23C[C@@H]4C[C@@H](CC(Cl)(C4)C2)C3)c(C)n1[C@H]1CCS(=O)(=O)C1. The van der Waals surface area contributed by atoms with E-state index < -0.39 is 15.3 Å². The lowest BCUT2D eigenvalue weighted by Crippen LogP contribution is -2.56. The van der Waals surface area contributed by atoms with Crippen molar-refractivity contribution in [1.29, 1.82) is 0 Å². The molecule has 5 fully saturated rings. The summed E-state index contributed by atoms with van der Waals surface area (Å²) in [5.74, 6) is 0.764. The van der Waals surface area contributed by atoms with E-state index in [0.29, 0.717) is 30.2 Å². The number of hydrogen-bond donors (Lipinski definition) is 0. The number of ketones is 1. The summed E-state index contributed by atoms with van der Waals surface area (Å²) >= 11 is 6.83. The van der Waals surface area contributed by atoms with Gasteiger partial charge in [-0.25, -0.2) is 8.42 Å². The van der Waals surface area contributed by atoms with Crippen LogP contribution < -0.4 is 0 Å². The first kappa shape index (κ1) is 21.5. The summed E-state index contributed by atoms with van der Waals surface area (Å²) in [5, 5.41) is 0. The molecule has 0 radical (unpaired) electrons. The Labute approximate surface area is 188 Å². The quantitative estimate of drug-likeness (QED) is 0.374. The number of nitrogens with zero attached hydrogens (tertiary/aromatic N) is 1. The molecule has 1 aliphatic heterocycles. The highest BCUT2D eigenvalue weighted by Crippen LogP contribution is 2.64. The third-order valence-corrected chi connectivity index (χ3v) is 10.3. The molecule has 2 heterocycles. The number of sulfone groups is 1. The predicted molar refractivity (Wildman–Crippen MR) is 117 cm³/mol. The van der Waals surface area contributed by atoms with Crippen LogP contribution in [0.3, 0.4) is 0 Å². The van der Waals surface area contributed by atoms with Gasteiger partial charge < -0.3 is 9.30 Å². The minimum absolute atomic E-state index is 0.108. The van der Waals surface area contributed by atoms with Crippen molar-refractivity contribution >= 4 is 33.2 Å². The zero-order valence-electron chi connectivity index (χ0n) is 18.2. The molecule has 31 heavy (non-hydrogen) atoms. The number of esters is 1. The van der Waals surface area contributed by atoms with Gasteiger partial charge >= 0.3 is 5.97 Å². The zero-order valence-corrected chi connectivity index (χ0v) is 19.7. The first-order valence-electron chi connectivity index (χ1n) is 11.3. The number of halogens is 1. The maximum absolute atomic E-state index is 13.1. The molecule has 0 amide bonds. The lowest BCUT2D eigenvalue weighted by Gasteiger charge is -2.58. The molecule has 1 saturated heterocycles. The van der Waals surface area contributed by atoms with Crippen molar-refractivity contribution in [2.45, 2.75) is 69.7 Å². The number of rotatable bonds is 5. The molecule has 6 nitrogen and oxygen atoms in total. The number of hydrogen-bond acceptors (Lipinski definition) is 5. The van der Waals surface area contributed by atoms with E-state index in [-0.39, 0.29) is 40.8 Å². The van der Waals surface area contributed by atoms with Gasteiger partial charge in [0.2, 0.25) is 5.78 Å². The number of carbonyl (C=O) groups is 2. The number of carbonyl (C=O) groups excluding carboxylic acids is 2. The smallest absolute Gasteiger partial charge is 0.312 e. The average Bonchev–Trinajstić information content (AvgIpc) is 3.15. The van der Waals surface area contributed by atoms with Crippen LogP contribution >= 0.6 is 11.6 Å². The molecule has 0 aromatic carbocycles. The number of ether oxygens (including phenoxy) is 1. The highest BCUT2D eigenvalue weighted by molar-refractivity contribution is 7.91. The van der Waals surface area contributed by atoms with Crippen molar-refractivity contribution in [3.05, 3.63) is 23.0 Å². The third-order valence-electron chi connectivity index (χ3n) is 8.12. The number of Topliss-reactive ketones (excluding diaryl/α,β-unsaturated/α-hetero) is 1. The molecule has 5 aliphatic rings. The second kappa shape index (κ2) is 7.08. The highest BCUT2D eigenvalue weighted by atomic mass is 35.5. The van der Waals surface area contributed by atoms with Crippen molar-refractivity contribution in [3.63, 3.8) is 0 Å². The number of alkyl halides is 1. The van der Waals surface area contributed by atoms with Crippen LogP contribution in [0.5, 0.6) is 0 Å². The van der Waals surface area contributed by atoms with Gasteiger partial charge in [-0.1, -0.05) is 0 Å². The summed E-state index contributed by atoms with van der Waals surface area (Å²) < 4.78 is 31.3. The molecular weight excluding hydrogens is 438 g/mol. The van der Waals surface area contributed by atoms with Crippen molar-refractivity contribution in [1.82, 2.24) is 4.57 Å². The molecular formula is C23H30ClNO5S. The molecule has 4 bridgehead atoms. The zero-order chi connectivity index (χ0) is 22.2. The Morgan fingerprint density at radius 2 is 1.87 bits per heavy atom. The predicted octanol–water partition coefficient (Wildman–Crippen LogP) is 3.77. The van der Waals surface area contributed by atoms with Gasteiger partial charge in [0.25, 0.3) is 0 Å². The fourth-order valence-corrected chi connectivity index (χ4v) is 9.74. The standard InChI is InChI=1S/C23H30ClNO5S/c1-14-5-19(15(2)25(14)18-3-4-31(28,29)12-18)20(26)11-30-21(27)22-7-16-6-17(8-22)10-23(24,9-16)13-22/h5,16-18H,3-4,6-13H2,1-2H3/t16-,17+,18-,22?,23?/m0/s1. The maximum atomic E-state index is 13.1.